The van der Waals surface area contributed by atoms with Gasteiger partial charge in [0.25, 0.3) is 10.0 Å². The lowest BCUT2D eigenvalue weighted by atomic mass is 10.1. The number of rotatable bonds is 6. The second-order valence-corrected chi connectivity index (χ2v) is 7.92. The highest BCUT2D eigenvalue weighted by Gasteiger charge is 2.19. The van der Waals surface area contributed by atoms with Crippen LogP contribution in [0.1, 0.15) is 12.5 Å². The first-order chi connectivity index (χ1) is 11.7. The molecule has 0 aliphatic heterocycles. The number of halogens is 3. The van der Waals surface area contributed by atoms with E-state index in [1.54, 1.807) is 6.92 Å². The highest BCUT2D eigenvalue weighted by Crippen LogP contribution is 2.27. The van der Waals surface area contributed by atoms with Crippen LogP contribution in [0.3, 0.4) is 0 Å². The summed E-state index contributed by atoms with van der Waals surface area (Å²) in [6, 6.07) is 7.99. The molecule has 0 saturated heterocycles. The van der Waals surface area contributed by atoms with Crippen molar-refractivity contribution in [2.45, 2.75) is 18.2 Å². The van der Waals surface area contributed by atoms with Crippen LogP contribution >= 0.6 is 27.5 Å². The van der Waals surface area contributed by atoms with Crippen molar-refractivity contribution in [1.82, 2.24) is 4.72 Å². The molecule has 0 spiro atoms. The van der Waals surface area contributed by atoms with E-state index in [-0.39, 0.29) is 16.3 Å². The molecule has 1 N–H and O–H groups in total. The van der Waals surface area contributed by atoms with Crippen LogP contribution in [0.25, 0.3) is 0 Å². The van der Waals surface area contributed by atoms with E-state index in [1.165, 1.54) is 30.3 Å². The van der Waals surface area contributed by atoms with E-state index < -0.39 is 21.7 Å². The zero-order valence-electron chi connectivity index (χ0n) is 13.1. The number of carbonyl (C=O) groups excluding carboxylic acids is 1. The SMILES string of the molecule is CCOc1ccc(S(=O)(=O)NC(=O)Cc2ccc(Cl)c(F)c2)cc1Br. The van der Waals surface area contributed by atoms with Crippen LogP contribution in [0.2, 0.25) is 5.02 Å². The lowest BCUT2D eigenvalue weighted by Gasteiger charge is -2.10. The van der Waals surface area contributed by atoms with Crippen LogP contribution in [-0.4, -0.2) is 20.9 Å². The van der Waals surface area contributed by atoms with Gasteiger partial charge >= 0.3 is 0 Å². The Morgan fingerprint density at radius 3 is 2.60 bits per heavy atom. The molecule has 5 nitrogen and oxygen atoms in total. The third-order valence-corrected chi connectivity index (χ3v) is 5.41. The smallest absolute Gasteiger partial charge is 0.264 e. The summed E-state index contributed by atoms with van der Waals surface area (Å²) in [5, 5.41) is -0.0731. The number of nitrogens with one attached hydrogen (secondary N) is 1. The van der Waals surface area contributed by atoms with Crippen molar-refractivity contribution in [2.75, 3.05) is 6.61 Å². The van der Waals surface area contributed by atoms with Crippen molar-refractivity contribution in [2.24, 2.45) is 0 Å². The van der Waals surface area contributed by atoms with E-state index >= 15 is 0 Å². The molecule has 0 aromatic heterocycles. The standard InChI is InChI=1S/C16H14BrClFNO4S/c1-2-24-15-6-4-11(9-12(15)17)25(22,23)20-16(21)8-10-3-5-13(18)14(19)7-10/h3-7,9H,2,8H2,1H3,(H,20,21). The number of hydrogen-bond donors (Lipinski definition) is 1. The van der Waals surface area contributed by atoms with Gasteiger partial charge in [0.1, 0.15) is 11.6 Å². The van der Waals surface area contributed by atoms with Gasteiger partial charge in [0.15, 0.2) is 0 Å². The first-order valence-corrected chi connectivity index (χ1v) is 9.80. The third-order valence-electron chi connectivity index (χ3n) is 3.11. The fourth-order valence-electron chi connectivity index (χ4n) is 2.00. The molecule has 9 heteroatoms. The maximum Gasteiger partial charge on any atom is 0.264 e. The van der Waals surface area contributed by atoms with Crippen LogP contribution in [0.5, 0.6) is 5.75 Å². The van der Waals surface area contributed by atoms with Crippen molar-refractivity contribution in [3.8, 4) is 5.75 Å². The molecule has 0 bridgehead atoms. The molecule has 0 aliphatic carbocycles. The summed E-state index contributed by atoms with van der Waals surface area (Å²) in [7, 11) is -4.06. The molecule has 0 heterocycles. The monoisotopic (exact) mass is 449 g/mol. The molecule has 0 saturated carbocycles. The molecule has 0 fully saturated rings. The highest BCUT2D eigenvalue weighted by atomic mass is 79.9. The molecule has 0 unspecified atom stereocenters. The Hall–Kier alpha value is -1.64. The summed E-state index contributed by atoms with van der Waals surface area (Å²) in [6.07, 6.45) is -0.300. The normalized spacial score (nSPS) is 11.2. The summed E-state index contributed by atoms with van der Waals surface area (Å²) < 4.78 is 45.7. The molecule has 25 heavy (non-hydrogen) atoms. The number of amides is 1. The summed E-state index contributed by atoms with van der Waals surface area (Å²) in [4.78, 5) is 11.9. The largest absolute Gasteiger partial charge is 0.493 e. The van der Waals surface area contributed by atoms with E-state index in [0.29, 0.717) is 22.4 Å². The molecule has 0 atom stereocenters. The predicted octanol–water partition coefficient (Wildman–Crippen LogP) is 3.69. The number of carbonyl (C=O) groups is 1. The summed E-state index contributed by atoms with van der Waals surface area (Å²) in [5.74, 6) is -0.971. The van der Waals surface area contributed by atoms with Crippen molar-refractivity contribution >= 4 is 43.5 Å². The maximum absolute atomic E-state index is 13.4. The molecule has 1 amide bonds. The Kier molecular flexibility index (Phi) is 6.42. The lowest BCUT2D eigenvalue weighted by molar-refractivity contribution is -0.118. The molecule has 2 aromatic carbocycles. The minimum atomic E-state index is -4.06. The molecular weight excluding hydrogens is 437 g/mol. The van der Waals surface area contributed by atoms with Crippen LogP contribution in [0.15, 0.2) is 45.8 Å². The number of hydrogen-bond acceptors (Lipinski definition) is 4. The zero-order chi connectivity index (χ0) is 18.6. The Balaban J connectivity index is 2.13. The predicted molar refractivity (Wildman–Crippen MR) is 95.8 cm³/mol. The molecule has 2 rings (SSSR count). The Morgan fingerprint density at radius 1 is 1.28 bits per heavy atom. The van der Waals surface area contributed by atoms with Gasteiger partial charge < -0.3 is 4.74 Å². The van der Waals surface area contributed by atoms with Gasteiger partial charge in [0.2, 0.25) is 5.91 Å². The van der Waals surface area contributed by atoms with Crippen molar-refractivity contribution < 1.29 is 22.3 Å². The van der Waals surface area contributed by atoms with E-state index in [0.717, 1.165) is 6.07 Å². The fraction of sp³-hybridized carbons (Fsp3) is 0.188. The van der Waals surface area contributed by atoms with Gasteiger partial charge in [-0.05, 0) is 58.7 Å². The molecular formula is C16H14BrClFNO4S. The molecule has 2 aromatic rings. The van der Waals surface area contributed by atoms with Gasteiger partial charge in [-0.2, -0.15) is 0 Å². The first-order valence-electron chi connectivity index (χ1n) is 7.15. The fourth-order valence-corrected chi connectivity index (χ4v) is 3.77. The number of sulfonamides is 1. The van der Waals surface area contributed by atoms with Crippen molar-refractivity contribution in [1.29, 1.82) is 0 Å². The van der Waals surface area contributed by atoms with Crippen LogP contribution in [0.4, 0.5) is 4.39 Å². The minimum absolute atomic E-state index is 0.0731. The average Bonchev–Trinajstić information content (AvgIpc) is 2.52. The van der Waals surface area contributed by atoms with Crippen LogP contribution < -0.4 is 9.46 Å². The summed E-state index contributed by atoms with van der Waals surface area (Å²) in [6.45, 7) is 2.23. The molecule has 0 aliphatic rings. The van der Waals surface area contributed by atoms with Crippen LogP contribution in [0, 0.1) is 5.82 Å². The second kappa shape index (κ2) is 8.16. The Morgan fingerprint density at radius 2 is 2.00 bits per heavy atom. The zero-order valence-corrected chi connectivity index (χ0v) is 16.2. The van der Waals surface area contributed by atoms with Crippen molar-refractivity contribution in [3.05, 3.63) is 57.3 Å². The first kappa shape index (κ1) is 19.7. The van der Waals surface area contributed by atoms with Gasteiger partial charge in [-0.1, -0.05) is 17.7 Å². The van der Waals surface area contributed by atoms with Gasteiger partial charge in [-0.3, -0.25) is 4.79 Å². The van der Waals surface area contributed by atoms with Gasteiger partial charge in [-0.25, -0.2) is 17.5 Å². The summed E-state index contributed by atoms with van der Waals surface area (Å²) >= 11 is 8.79. The van der Waals surface area contributed by atoms with E-state index in [4.69, 9.17) is 16.3 Å². The number of ether oxygens (including phenoxy) is 1. The minimum Gasteiger partial charge on any atom is -0.493 e. The second-order valence-electron chi connectivity index (χ2n) is 4.98. The van der Waals surface area contributed by atoms with Crippen LogP contribution in [-0.2, 0) is 21.2 Å². The Labute approximate surface area is 158 Å². The van der Waals surface area contributed by atoms with E-state index in [9.17, 15) is 17.6 Å². The van der Waals surface area contributed by atoms with Gasteiger partial charge in [0, 0.05) is 0 Å². The van der Waals surface area contributed by atoms with Crippen molar-refractivity contribution in [3.63, 3.8) is 0 Å². The lowest BCUT2D eigenvalue weighted by Crippen LogP contribution is -2.31. The third kappa shape index (κ3) is 5.17. The molecule has 134 valence electrons. The van der Waals surface area contributed by atoms with Gasteiger partial charge in [0.05, 0.1) is 27.4 Å². The summed E-state index contributed by atoms with van der Waals surface area (Å²) in [5.41, 5.74) is 0.308. The average molecular weight is 451 g/mol. The molecule has 0 radical (unpaired) electrons. The quantitative estimate of drug-likeness (QED) is 0.728. The number of benzene rings is 2. The van der Waals surface area contributed by atoms with E-state index in [2.05, 4.69) is 15.9 Å². The highest BCUT2D eigenvalue weighted by molar-refractivity contribution is 9.10. The van der Waals surface area contributed by atoms with Gasteiger partial charge in [-0.15, -0.1) is 0 Å². The maximum atomic E-state index is 13.4. The Bertz CT molecular complexity index is 905. The van der Waals surface area contributed by atoms with E-state index in [1.807, 2.05) is 4.72 Å². The topological polar surface area (TPSA) is 72.5 Å².